The van der Waals surface area contributed by atoms with Gasteiger partial charge in [-0.2, -0.15) is 0 Å². The first-order chi connectivity index (χ1) is 10.5. The maximum Gasteiger partial charge on any atom is 0.274 e. The van der Waals surface area contributed by atoms with Crippen LogP contribution in [0.5, 0.6) is 0 Å². The predicted molar refractivity (Wildman–Crippen MR) is 84.5 cm³/mol. The molecule has 0 aliphatic rings. The first kappa shape index (κ1) is 15.9. The van der Waals surface area contributed by atoms with Gasteiger partial charge in [-0.05, 0) is 38.5 Å². The molecule has 1 unspecified atom stereocenters. The molecular formula is C16H19FN4O. The summed E-state index contributed by atoms with van der Waals surface area (Å²) < 4.78 is 13.1. The third-order valence-electron chi connectivity index (χ3n) is 3.16. The van der Waals surface area contributed by atoms with Gasteiger partial charge in [-0.15, -0.1) is 0 Å². The number of anilines is 2. The number of rotatable bonds is 5. The molecular weight excluding hydrogens is 283 g/mol. The Morgan fingerprint density at radius 3 is 2.77 bits per heavy atom. The average molecular weight is 302 g/mol. The number of nitrogens with one attached hydrogen (secondary N) is 2. The van der Waals surface area contributed by atoms with Crippen LogP contribution in [-0.4, -0.2) is 21.9 Å². The highest BCUT2D eigenvalue weighted by atomic mass is 19.1. The van der Waals surface area contributed by atoms with E-state index in [-0.39, 0.29) is 11.7 Å². The van der Waals surface area contributed by atoms with E-state index in [2.05, 4.69) is 27.5 Å². The summed E-state index contributed by atoms with van der Waals surface area (Å²) in [5, 5.41) is 5.83. The molecule has 0 aliphatic carbocycles. The van der Waals surface area contributed by atoms with Gasteiger partial charge >= 0.3 is 0 Å². The zero-order valence-electron chi connectivity index (χ0n) is 12.9. The molecule has 0 saturated carbocycles. The molecule has 0 saturated heterocycles. The van der Waals surface area contributed by atoms with E-state index in [1.165, 1.54) is 18.2 Å². The van der Waals surface area contributed by atoms with Gasteiger partial charge < -0.3 is 10.6 Å². The van der Waals surface area contributed by atoms with Crippen LogP contribution < -0.4 is 10.6 Å². The van der Waals surface area contributed by atoms with Gasteiger partial charge in [-0.3, -0.25) is 4.79 Å². The first-order valence-electron chi connectivity index (χ1n) is 7.17. The van der Waals surface area contributed by atoms with Crippen LogP contribution in [0.25, 0.3) is 0 Å². The molecule has 1 heterocycles. The molecule has 0 spiro atoms. The molecule has 0 aliphatic heterocycles. The average Bonchev–Trinajstić information content (AvgIpc) is 2.46. The Balaban J connectivity index is 2.18. The second-order valence-corrected chi connectivity index (χ2v) is 5.10. The largest absolute Gasteiger partial charge is 0.368 e. The highest BCUT2D eigenvalue weighted by Gasteiger charge is 2.12. The molecule has 5 nitrogen and oxygen atoms in total. The SMILES string of the molecule is CCC(C)Nc1cc(C(=O)Nc2cccc(F)c2)nc(C)n1. The van der Waals surface area contributed by atoms with E-state index in [0.29, 0.717) is 17.3 Å². The van der Waals surface area contributed by atoms with E-state index in [1.54, 1.807) is 19.1 Å². The topological polar surface area (TPSA) is 66.9 Å². The normalized spacial score (nSPS) is 11.8. The minimum Gasteiger partial charge on any atom is -0.368 e. The molecule has 1 aromatic carbocycles. The van der Waals surface area contributed by atoms with Gasteiger partial charge in [0.25, 0.3) is 5.91 Å². The van der Waals surface area contributed by atoms with Crippen LogP contribution in [0.2, 0.25) is 0 Å². The summed E-state index contributed by atoms with van der Waals surface area (Å²) in [6.07, 6.45) is 0.938. The van der Waals surface area contributed by atoms with Crippen LogP contribution in [0.3, 0.4) is 0 Å². The molecule has 0 fully saturated rings. The van der Waals surface area contributed by atoms with Crippen molar-refractivity contribution < 1.29 is 9.18 Å². The second-order valence-electron chi connectivity index (χ2n) is 5.10. The molecule has 1 atom stereocenters. The summed E-state index contributed by atoms with van der Waals surface area (Å²) in [6.45, 7) is 5.81. The third-order valence-corrected chi connectivity index (χ3v) is 3.16. The summed E-state index contributed by atoms with van der Waals surface area (Å²) in [7, 11) is 0. The van der Waals surface area contributed by atoms with Gasteiger partial charge in [0, 0.05) is 17.8 Å². The summed E-state index contributed by atoms with van der Waals surface area (Å²) in [6, 6.07) is 7.56. The maximum absolute atomic E-state index is 13.1. The number of carbonyl (C=O) groups excluding carboxylic acids is 1. The van der Waals surface area contributed by atoms with Crippen LogP contribution in [0.1, 0.15) is 36.6 Å². The van der Waals surface area contributed by atoms with Crippen molar-refractivity contribution in [2.24, 2.45) is 0 Å². The fourth-order valence-electron chi connectivity index (χ4n) is 1.87. The number of benzene rings is 1. The number of nitrogens with zero attached hydrogens (tertiary/aromatic N) is 2. The Morgan fingerprint density at radius 1 is 1.32 bits per heavy atom. The lowest BCUT2D eigenvalue weighted by Gasteiger charge is -2.13. The molecule has 116 valence electrons. The highest BCUT2D eigenvalue weighted by Crippen LogP contribution is 2.13. The molecule has 1 amide bonds. The monoisotopic (exact) mass is 302 g/mol. The van der Waals surface area contributed by atoms with E-state index in [0.717, 1.165) is 6.42 Å². The van der Waals surface area contributed by atoms with E-state index < -0.39 is 11.7 Å². The van der Waals surface area contributed by atoms with Gasteiger partial charge in [0.1, 0.15) is 23.2 Å². The van der Waals surface area contributed by atoms with Crippen molar-refractivity contribution >= 4 is 17.4 Å². The van der Waals surface area contributed by atoms with Crippen molar-refractivity contribution in [2.45, 2.75) is 33.2 Å². The summed E-state index contributed by atoms with van der Waals surface area (Å²) in [5.41, 5.74) is 0.625. The van der Waals surface area contributed by atoms with Crippen molar-refractivity contribution in [1.82, 2.24) is 9.97 Å². The number of aromatic nitrogens is 2. The van der Waals surface area contributed by atoms with Crippen molar-refractivity contribution in [3.05, 3.63) is 47.7 Å². The van der Waals surface area contributed by atoms with Crippen molar-refractivity contribution in [3.8, 4) is 0 Å². The van der Waals surface area contributed by atoms with Crippen LogP contribution in [0, 0.1) is 12.7 Å². The number of hydrogen-bond acceptors (Lipinski definition) is 4. The van der Waals surface area contributed by atoms with Gasteiger partial charge in [0.15, 0.2) is 0 Å². The number of hydrogen-bond donors (Lipinski definition) is 2. The van der Waals surface area contributed by atoms with Crippen LogP contribution >= 0.6 is 0 Å². The minimum absolute atomic E-state index is 0.238. The van der Waals surface area contributed by atoms with Gasteiger partial charge in [0.05, 0.1) is 0 Å². The fraction of sp³-hybridized carbons (Fsp3) is 0.312. The maximum atomic E-state index is 13.1. The van der Waals surface area contributed by atoms with Crippen LogP contribution in [0.15, 0.2) is 30.3 Å². The highest BCUT2D eigenvalue weighted by molar-refractivity contribution is 6.03. The lowest BCUT2D eigenvalue weighted by Crippen LogP contribution is -2.18. The van der Waals surface area contributed by atoms with Crippen LogP contribution in [-0.2, 0) is 0 Å². The smallest absolute Gasteiger partial charge is 0.274 e. The lowest BCUT2D eigenvalue weighted by molar-refractivity contribution is 0.102. The molecule has 0 bridgehead atoms. The molecule has 0 radical (unpaired) electrons. The zero-order valence-corrected chi connectivity index (χ0v) is 12.9. The minimum atomic E-state index is -0.407. The van der Waals surface area contributed by atoms with Crippen molar-refractivity contribution in [3.63, 3.8) is 0 Å². The predicted octanol–water partition coefficient (Wildman–Crippen LogP) is 3.39. The molecule has 2 aromatic rings. The second kappa shape index (κ2) is 6.98. The fourth-order valence-corrected chi connectivity index (χ4v) is 1.87. The summed E-state index contributed by atoms with van der Waals surface area (Å²) in [4.78, 5) is 20.6. The van der Waals surface area contributed by atoms with E-state index >= 15 is 0 Å². The number of aryl methyl sites for hydroxylation is 1. The van der Waals surface area contributed by atoms with Gasteiger partial charge in [0.2, 0.25) is 0 Å². The number of halogens is 1. The summed E-state index contributed by atoms with van der Waals surface area (Å²) in [5.74, 6) is 0.294. The van der Waals surface area contributed by atoms with Gasteiger partial charge in [-0.1, -0.05) is 13.0 Å². The quantitative estimate of drug-likeness (QED) is 0.888. The standard InChI is InChI=1S/C16H19FN4O/c1-4-10(2)18-15-9-14(19-11(3)20-15)16(22)21-13-7-5-6-12(17)8-13/h5-10H,4H2,1-3H3,(H,21,22)(H,18,19,20). The number of amides is 1. The van der Waals surface area contributed by atoms with Crippen LogP contribution in [0.4, 0.5) is 15.9 Å². The Bertz CT molecular complexity index is 675. The van der Waals surface area contributed by atoms with E-state index in [1.807, 2.05) is 6.92 Å². The Kier molecular flexibility index (Phi) is 5.04. The molecule has 2 rings (SSSR count). The Morgan fingerprint density at radius 2 is 2.09 bits per heavy atom. The van der Waals surface area contributed by atoms with E-state index in [9.17, 15) is 9.18 Å². The molecule has 2 N–H and O–H groups in total. The van der Waals surface area contributed by atoms with E-state index in [4.69, 9.17) is 0 Å². The third kappa shape index (κ3) is 4.25. The Hall–Kier alpha value is -2.50. The first-order valence-corrected chi connectivity index (χ1v) is 7.17. The lowest BCUT2D eigenvalue weighted by atomic mass is 10.2. The molecule has 6 heteroatoms. The van der Waals surface area contributed by atoms with Gasteiger partial charge in [-0.25, -0.2) is 14.4 Å². The number of carbonyl (C=O) groups is 1. The molecule has 1 aromatic heterocycles. The molecule has 22 heavy (non-hydrogen) atoms. The van der Waals surface area contributed by atoms with Crippen molar-refractivity contribution in [1.29, 1.82) is 0 Å². The Labute approximate surface area is 129 Å². The van der Waals surface area contributed by atoms with Crippen molar-refractivity contribution in [2.75, 3.05) is 10.6 Å². The zero-order chi connectivity index (χ0) is 16.1. The summed E-state index contributed by atoms with van der Waals surface area (Å²) >= 11 is 0.